The monoisotopic (exact) mass is 322 g/mol. The van der Waals surface area contributed by atoms with Crippen LogP contribution in [-0.4, -0.2) is 0 Å². The van der Waals surface area contributed by atoms with Gasteiger partial charge in [-0.3, -0.25) is 0 Å². The fourth-order valence-corrected chi connectivity index (χ4v) is 3.66. The lowest BCUT2D eigenvalue weighted by Crippen LogP contribution is -1.73. The quantitative estimate of drug-likeness (QED) is 0.667. The van der Waals surface area contributed by atoms with Gasteiger partial charge in [0.05, 0.1) is 0 Å². The minimum atomic E-state index is 1.01. The molecule has 0 bridgehead atoms. The number of rotatable bonds is 0. The third-order valence-electron chi connectivity index (χ3n) is 1.62. The van der Waals surface area contributed by atoms with Crippen LogP contribution in [0.1, 0.15) is 0 Å². The van der Waals surface area contributed by atoms with Crippen LogP contribution >= 0.6 is 55.8 Å². The molecule has 1 heterocycles. The highest BCUT2D eigenvalue weighted by atomic mass is 79.9. The molecule has 0 aliphatic rings. The second-order valence-electron chi connectivity index (χ2n) is 2.35. The van der Waals surface area contributed by atoms with Crippen molar-refractivity contribution in [2.24, 2.45) is 0 Å². The maximum absolute atomic E-state index is 4.42. The lowest BCUT2D eigenvalue weighted by atomic mass is 10.3. The number of hydrogen-bond donors (Lipinski definition) is 1. The highest BCUT2D eigenvalue weighted by Crippen LogP contribution is 2.37. The van der Waals surface area contributed by atoms with Gasteiger partial charge in [0, 0.05) is 23.9 Å². The Balaban J connectivity index is 2.97. The van der Waals surface area contributed by atoms with Gasteiger partial charge in [-0.05, 0) is 49.4 Å². The summed E-state index contributed by atoms with van der Waals surface area (Å²) in [5, 5.41) is 3.27. The molecule has 12 heavy (non-hydrogen) atoms. The minimum absolute atomic E-state index is 1.01. The van der Waals surface area contributed by atoms with Crippen LogP contribution in [0.15, 0.2) is 31.4 Å². The molecule has 0 atom stereocenters. The molecule has 62 valence electrons. The molecule has 0 radical (unpaired) electrons. The molecular weight excluding hydrogens is 320 g/mol. The molecule has 1 aromatic carbocycles. The van der Waals surface area contributed by atoms with E-state index in [4.69, 9.17) is 0 Å². The molecule has 0 spiro atoms. The summed E-state index contributed by atoms with van der Waals surface area (Å²) >= 11 is 13.1. The summed E-state index contributed by atoms with van der Waals surface area (Å²) in [4.78, 5) is 1.01. The van der Waals surface area contributed by atoms with Crippen molar-refractivity contribution >= 4 is 65.9 Å². The number of halogens is 2. The fraction of sp³-hybridized carbons (Fsp3) is 0. The van der Waals surface area contributed by atoms with E-state index in [0.717, 1.165) is 13.8 Å². The maximum atomic E-state index is 4.42. The molecule has 1 aromatic heterocycles. The van der Waals surface area contributed by atoms with Crippen LogP contribution in [0.3, 0.4) is 0 Å². The van der Waals surface area contributed by atoms with Crippen molar-refractivity contribution in [1.82, 2.24) is 0 Å². The molecule has 0 fully saturated rings. The van der Waals surface area contributed by atoms with Crippen LogP contribution in [0, 0.1) is 0 Å². The molecule has 4 heteroatoms. The number of hydrogen-bond acceptors (Lipinski definition) is 2. The summed E-state index contributed by atoms with van der Waals surface area (Å²) < 4.78 is 3.41. The van der Waals surface area contributed by atoms with Crippen molar-refractivity contribution < 1.29 is 0 Å². The van der Waals surface area contributed by atoms with Crippen LogP contribution in [-0.2, 0) is 0 Å². The smallest absolute Gasteiger partial charge is 0.0496 e. The number of fused-ring (bicyclic) bond motifs is 1. The normalized spacial score (nSPS) is 10.9. The number of benzene rings is 1. The van der Waals surface area contributed by atoms with Gasteiger partial charge in [0.1, 0.15) is 0 Å². The van der Waals surface area contributed by atoms with Crippen molar-refractivity contribution in [2.45, 2.75) is 4.90 Å². The fourth-order valence-electron chi connectivity index (χ4n) is 1.05. The van der Waals surface area contributed by atoms with E-state index < -0.39 is 0 Å². The lowest BCUT2D eigenvalue weighted by molar-refractivity contribution is 1.50. The van der Waals surface area contributed by atoms with Gasteiger partial charge in [-0.1, -0.05) is 0 Å². The molecule has 0 aliphatic carbocycles. The molecule has 0 amide bonds. The van der Waals surface area contributed by atoms with E-state index in [2.05, 4.69) is 55.9 Å². The van der Waals surface area contributed by atoms with Crippen molar-refractivity contribution in [1.29, 1.82) is 0 Å². The molecule has 0 aliphatic heterocycles. The predicted octanol–water partition coefficient (Wildman–Crippen LogP) is 4.72. The standard InChI is InChI=1S/C8H4Br2S2/c9-5-3-6(10)8-4(7(5)11)1-2-12-8/h1-3,11H. The molecule has 0 N–H and O–H groups in total. The minimum Gasteiger partial charge on any atom is -0.143 e. The first kappa shape index (κ1) is 9.06. The second-order valence-corrected chi connectivity index (χ2v) is 5.42. The van der Waals surface area contributed by atoms with E-state index in [0.29, 0.717) is 0 Å². The third-order valence-corrected chi connectivity index (χ3v) is 4.87. The summed E-state index contributed by atoms with van der Waals surface area (Å²) in [5.41, 5.74) is 0. The highest BCUT2D eigenvalue weighted by molar-refractivity contribution is 9.11. The van der Waals surface area contributed by atoms with Crippen LogP contribution < -0.4 is 0 Å². The highest BCUT2D eigenvalue weighted by Gasteiger charge is 2.06. The molecule has 0 nitrogen and oxygen atoms in total. The Bertz CT molecular complexity index is 434. The average molecular weight is 324 g/mol. The molecule has 0 saturated heterocycles. The first-order valence-electron chi connectivity index (χ1n) is 3.24. The van der Waals surface area contributed by atoms with E-state index in [-0.39, 0.29) is 0 Å². The Kier molecular flexibility index (Phi) is 2.51. The topological polar surface area (TPSA) is 0 Å². The Hall–Kier alpha value is 0.490. The molecular formula is C8H4Br2S2. The average Bonchev–Trinajstić information content (AvgIpc) is 2.48. The Labute approximate surface area is 96.6 Å². The van der Waals surface area contributed by atoms with Crippen molar-refractivity contribution in [3.05, 3.63) is 26.5 Å². The van der Waals surface area contributed by atoms with Crippen molar-refractivity contribution in [3.8, 4) is 0 Å². The van der Waals surface area contributed by atoms with E-state index in [1.165, 1.54) is 10.1 Å². The zero-order chi connectivity index (χ0) is 8.72. The summed E-state index contributed by atoms with van der Waals surface area (Å²) in [6, 6.07) is 4.11. The maximum Gasteiger partial charge on any atom is 0.0496 e. The van der Waals surface area contributed by atoms with E-state index >= 15 is 0 Å². The van der Waals surface area contributed by atoms with Gasteiger partial charge in [0.15, 0.2) is 0 Å². The summed E-state index contributed by atoms with van der Waals surface area (Å²) in [5.74, 6) is 0. The second kappa shape index (κ2) is 3.33. The lowest BCUT2D eigenvalue weighted by Gasteiger charge is -2.00. The first-order valence-corrected chi connectivity index (χ1v) is 6.15. The zero-order valence-electron chi connectivity index (χ0n) is 5.84. The SMILES string of the molecule is Sc1c(Br)cc(Br)c2sccc12. The van der Waals surface area contributed by atoms with E-state index in [1.807, 2.05) is 6.07 Å². The predicted molar refractivity (Wildman–Crippen MR) is 64.5 cm³/mol. The van der Waals surface area contributed by atoms with Crippen LogP contribution in [0.25, 0.3) is 10.1 Å². The molecule has 2 aromatic rings. The van der Waals surface area contributed by atoms with Gasteiger partial charge in [0.25, 0.3) is 0 Å². The summed E-state index contributed by atoms with van der Waals surface area (Å²) in [7, 11) is 0. The van der Waals surface area contributed by atoms with Crippen molar-refractivity contribution in [2.75, 3.05) is 0 Å². The largest absolute Gasteiger partial charge is 0.143 e. The van der Waals surface area contributed by atoms with Gasteiger partial charge in [0.2, 0.25) is 0 Å². The molecule has 0 unspecified atom stereocenters. The van der Waals surface area contributed by atoms with Gasteiger partial charge in [-0.15, -0.1) is 24.0 Å². The van der Waals surface area contributed by atoms with Gasteiger partial charge >= 0.3 is 0 Å². The molecule has 0 saturated carbocycles. The summed E-state index contributed by atoms with van der Waals surface area (Å²) in [6.07, 6.45) is 0. The Morgan fingerprint density at radius 3 is 2.75 bits per heavy atom. The van der Waals surface area contributed by atoms with Gasteiger partial charge in [-0.2, -0.15) is 0 Å². The molecule has 2 rings (SSSR count). The first-order chi connectivity index (χ1) is 5.70. The van der Waals surface area contributed by atoms with Gasteiger partial charge < -0.3 is 0 Å². The van der Waals surface area contributed by atoms with Crippen LogP contribution in [0.2, 0.25) is 0 Å². The van der Waals surface area contributed by atoms with Crippen LogP contribution in [0.5, 0.6) is 0 Å². The number of thiophene rings is 1. The number of thiol groups is 1. The third kappa shape index (κ3) is 1.35. The Morgan fingerprint density at radius 1 is 1.25 bits per heavy atom. The van der Waals surface area contributed by atoms with E-state index in [9.17, 15) is 0 Å². The summed E-state index contributed by atoms with van der Waals surface area (Å²) in [6.45, 7) is 0. The van der Waals surface area contributed by atoms with Crippen LogP contribution in [0.4, 0.5) is 0 Å². The van der Waals surface area contributed by atoms with Gasteiger partial charge in [-0.25, -0.2) is 0 Å². The van der Waals surface area contributed by atoms with Crippen molar-refractivity contribution in [3.63, 3.8) is 0 Å². The van der Waals surface area contributed by atoms with E-state index in [1.54, 1.807) is 11.3 Å². The zero-order valence-corrected chi connectivity index (χ0v) is 10.7. The Morgan fingerprint density at radius 2 is 2.00 bits per heavy atom.